The van der Waals surface area contributed by atoms with Crippen LogP contribution in [0.15, 0.2) is 61.4 Å². The van der Waals surface area contributed by atoms with Crippen molar-refractivity contribution >= 4 is 22.2 Å². The molecule has 0 saturated heterocycles. The number of carbonyl (C=O) groups excluding carboxylic acids is 1. The van der Waals surface area contributed by atoms with Crippen molar-refractivity contribution in [3.63, 3.8) is 0 Å². The van der Waals surface area contributed by atoms with Gasteiger partial charge in [-0.15, -0.1) is 0 Å². The van der Waals surface area contributed by atoms with Gasteiger partial charge >= 0.3 is 21.3 Å². The number of alkyl halides is 2. The Morgan fingerprint density at radius 3 is 2.12 bits per heavy atom. The Hall–Kier alpha value is -2.65. The van der Waals surface area contributed by atoms with Gasteiger partial charge in [0.2, 0.25) is 0 Å². The zero-order valence-electron chi connectivity index (χ0n) is 12.9. The molecule has 2 rings (SSSR count). The topological polar surface area (TPSA) is 93.6 Å². The van der Waals surface area contributed by atoms with Gasteiger partial charge in [0.05, 0.1) is 5.56 Å². The van der Waals surface area contributed by atoms with Gasteiger partial charge in [-0.1, -0.05) is 30.9 Å². The Labute approximate surface area is 143 Å². The highest BCUT2D eigenvalue weighted by Crippen LogP contribution is 2.21. The van der Waals surface area contributed by atoms with Crippen molar-refractivity contribution in [2.45, 2.75) is 5.25 Å². The fourth-order valence-electron chi connectivity index (χ4n) is 1.38. The van der Waals surface area contributed by atoms with Crippen LogP contribution in [0.5, 0.6) is 0 Å². The van der Waals surface area contributed by atoms with Crippen LogP contribution in [0.2, 0.25) is 0 Å². The smallest absolute Gasteiger partial charge is 0.402 e. The maximum absolute atomic E-state index is 12.8. The maximum atomic E-state index is 12.8. The third kappa shape index (κ3) is 6.77. The lowest BCUT2D eigenvalue weighted by atomic mass is 10.1. The first-order valence-electron chi connectivity index (χ1n) is 6.77. The number of hydrogen-bond acceptors (Lipinski definition) is 5. The molecule has 1 N–H and O–H groups in total. The molecule has 1 aromatic carbocycles. The minimum atomic E-state index is -5.61. The monoisotopic (exact) mass is 371 g/mol. The third-order valence-corrected chi connectivity index (χ3v) is 3.57. The van der Waals surface area contributed by atoms with Gasteiger partial charge < -0.3 is 4.74 Å². The Morgan fingerprint density at radius 1 is 1.20 bits per heavy atom. The van der Waals surface area contributed by atoms with Crippen molar-refractivity contribution in [1.82, 2.24) is 4.98 Å². The molecule has 1 aromatic heterocycles. The second kappa shape index (κ2) is 9.00. The molecule has 134 valence electrons. The van der Waals surface area contributed by atoms with Gasteiger partial charge in [-0.25, -0.2) is 4.79 Å². The summed E-state index contributed by atoms with van der Waals surface area (Å²) in [6.45, 7) is 1.74. The van der Waals surface area contributed by atoms with Gasteiger partial charge in [0.15, 0.2) is 6.61 Å². The Balaban J connectivity index is 0.000000435. The fourth-order valence-corrected chi connectivity index (χ4v) is 1.58. The molecule has 9 heteroatoms. The van der Waals surface area contributed by atoms with Gasteiger partial charge in [0.25, 0.3) is 0 Å². The van der Waals surface area contributed by atoms with Crippen molar-refractivity contribution in [2.24, 2.45) is 0 Å². The summed E-state index contributed by atoms with van der Waals surface area (Å²) in [5, 5.41) is -4.54. The number of pyridine rings is 1. The van der Waals surface area contributed by atoms with E-state index in [1.165, 1.54) is 30.3 Å². The number of ether oxygens (including phenoxy) is 1. The molecular weight excluding hydrogens is 356 g/mol. The highest BCUT2D eigenvalue weighted by atomic mass is 32.2. The van der Waals surface area contributed by atoms with Gasteiger partial charge in [-0.3, -0.25) is 9.54 Å². The van der Waals surface area contributed by atoms with E-state index >= 15 is 0 Å². The summed E-state index contributed by atoms with van der Waals surface area (Å²) >= 11 is 0. The molecule has 0 unspecified atom stereocenters. The highest BCUT2D eigenvalue weighted by Gasteiger charge is 2.45. The number of hydrogen-bond donors (Lipinski definition) is 1. The average Bonchev–Trinajstić information content (AvgIpc) is 2.61. The van der Waals surface area contributed by atoms with E-state index in [0.29, 0.717) is 5.56 Å². The molecule has 0 aliphatic carbocycles. The SMILES string of the molecule is C=Cc1ccc(C(=O)OCC(F)(F)S(=O)(=O)O)cc1.c1ccncc1. The molecule has 0 atom stereocenters. The predicted molar refractivity (Wildman–Crippen MR) is 87.5 cm³/mol. The van der Waals surface area contributed by atoms with E-state index in [-0.39, 0.29) is 5.56 Å². The largest absolute Gasteiger partial charge is 0.454 e. The van der Waals surface area contributed by atoms with Gasteiger partial charge in [0, 0.05) is 12.4 Å². The van der Waals surface area contributed by atoms with E-state index in [2.05, 4.69) is 16.3 Å². The van der Waals surface area contributed by atoms with Crippen LogP contribution in [0.3, 0.4) is 0 Å². The minimum absolute atomic E-state index is 0.0308. The van der Waals surface area contributed by atoms with E-state index in [4.69, 9.17) is 4.55 Å². The molecule has 0 aliphatic rings. The molecule has 2 aromatic rings. The summed E-state index contributed by atoms with van der Waals surface area (Å²) in [5.74, 6) is -1.13. The second-order valence-electron chi connectivity index (χ2n) is 4.54. The van der Waals surface area contributed by atoms with E-state index in [1.807, 2.05) is 18.2 Å². The van der Waals surface area contributed by atoms with Crippen LogP contribution < -0.4 is 0 Å². The first-order chi connectivity index (χ1) is 11.7. The van der Waals surface area contributed by atoms with E-state index in [9.17, 15) is 22.0 Å². The molecule has 1 heterocycles. The quantitative estimate of drug-likeness (QED) is 0.641. The minimum Gasteiger partial charge on any atom is -0.454 e. The molecule has 0 aliphatic heterocycles. The zero-order valence-corrected chi connectivity index (χ0v) is 13.7. The van der Waals surface area contributed by atoms with Crippen LogP contribution in [0.1, 0.15) is 15.9 Å². The van der Waals surface area contributed by atoms with E-state index in [0.717, 1.165) is 0 Å². The Bertz CT molecular complexity index is 766. The van der Waals surface area contributed by atoms with Gasteiger partial charge in [-0.05, 0) is 29.8 Å². The fraction of sp³-hybridized carbons (Fsp3) is 0.125. The Morgan fingerprint density at radius 2 is 1.76 bits per heavy atom. The summed E-state index contributed by atoms with van der Waals surface area (Å²) in [4.78, 5) is 15.1. The molecule has 0 amide bonds. The van der Waals surface area contributed by atoms with Gasteiger partial charge in [0.1, 0.15) is 0 Å². The summed E-state index contributed by atoms with van der Waals surface area (Å²) in [6, 6.07) is 11.3. The van der Waals surface area contributed by atoms with Crippen molar-refractivity contribution in [3.05, 3.63) is 72.6 Å². The average molecular weight is 371 g/mol. The summed E-state index contributed by atoms with van der Waals surface area (Å²) in [6.07, 6.45) is 5.02. The molecular formula is C16H15F2NO5S. The molecule has 0 bridgehead atoms. The number of nitrogens with zero attached hydrogens (tertiary/aromatic N) is 1. The number of halogens is 2. The van der Waals surface area contributed by atoms with E-state index in [1.54, 1.807) is 12.4 Å². The first-order valence-corrected chi connectivity index (χ1v) is 8.21. The van der Waals surface area contributed by atoms with E-state index < -0.39 is 27.9 Å². The standard InChI is InChI=1S/C11H10F2O5S.C5H5N/c1-2-8-3-5-9(6-4-8)10(14)18-7-11(12,13)19(15,16)17;1-2-4-6-5-3-1/h2-6H,1,7H2,(H,15,16,17);1-5H. The van der Waals surface area contributed by atoms with Crippen LogP contribution in [0.25, 0.3) is 6.08 Å². The zero-order chi connectivity index (χ0) is 18.9. The number of aromatic nitrogens is 1. The Kier molecular flexibility index (Phi) is 7.34. The summed E-state index contributed by atoms with van der Waals surface area (Å²) in [7, 11) is -5.61. The van der Waals surface area contributed by atoms with Crippen LogP contribution in [0, 0.1) is 0 Å². The van der Waals surface area contributed by atoms with Crippen LogP contribution >= 0.6 is 0 Å². The van der Waals surface area contributed by atoms with Crippen LogP contribution in [0.4, 0.5) is 8.78 Å². The van der Waals surface area contributed by atoms with Crippen LogP contribution in [-0.2, 0) is 14.9 Å². The third-order valence-electron chi connectivity index (χ3n) is 2.70. The lowest BCUT2D eigenvalue weighted by Crippen LogP contribution is -2.34. The summed E-state index contributed by atoms with van der Waals surface area (Å²) < 4.78 is 58.5. The van der Waals surface area contributed by atoms with Crippen molar-refractivity contribution < 1.29 is 31.3 Å². The summed E-state index contributed by atoms with van der Waals surface area (Å²) in [5.41, 5.74) is 0.677. The number of benzene rings is 1. The molecule has 0 spiro atoms. The number of esters is 1. The molecule has 6 nitrogen and oxygen atoms in total. The number of rotatable bonds is 5. The first kappa shape index (κ1) is 20.4. The second-order valence-corrected chi connectivity index (χ2v) is 6.09. The molecule has 0 saturated carbocycles. The normalized spacial score (nSPS) is 11.0. The number of carbonyl (C=O) groups is 1. The van der Waals surface area contributed by atoms with Gasteiger partial charge in [-0.2, -0.15) is 17.2 Å². The molecule has 25 heavy (non-hydrogen) atoms. The van der Waals surface area contributed by atoms with Crippen molar-refractivity contribution in [2.75, 3.05) is 6.61 Å². The molecule has 0 radical (unpaired) electrons. The lowest BCUT2D eigenvalue weighted by molar-refractivity contribution is -0.00950. The predicted octanol–water partition coefficient (Wildman–Crippen LogP) is 3.05. The lowest BCUT2D eigenvalue weighted by Gasteiger charge is -2.12. The van der Waals surface area contributed by atoms with Crippen molar-refractivity contribution in [1.29, 1.82) is 0 Å². The molecule has 0 fully saturated rings. The highest BCUT2D eigenvalue weighted by molar-refractivity contribution is 7.86. The van der Waals surface area contributed by atoms with Crippen molar-refractivity contribution in [3.8, 4) is 0 Å². The maximum Gasteiger partial charge on any atom is 0.402 e. The van der Waals surface area contributed by atoms with Crippen LogP contribution in [-0.4, -0.2) is 35.8 Å².